The number of rotatable bonds is 3. The van der Waals surface area contributed by atoms with Gasteiger partial charge in [0.1, 0.15) is 0 Å². The van der Waals surface area contributed by atoms with E-state index in [1.165, 1.54) is 0 Å². The molecule has 1 unspecified atom stereocenters. The monoisotopic (exact) mass is 178 g/mol. The zero-order valence-corrected chi connectivity index (χ0v) is 7.47. The first-order valence-corrected chi connectivity index (χ1v) is 4.15. The summed E-state index contributed by atoms with van der Waals surface area (Å²) in [6.45, 7) is 1.76. The summed E-state index contributed by atoms with van der Waals surface area (Å²) in [5.41, 5.74) is 0.558. The summed E-state index contributed by atoms with van der Waals surface area (Å²) in [7, 11) is 0. The van der Waals surface area contributed by atoms with Crippen LogP contribution >= 0.6 is 0 Å². The van der Waals surface area contributed by atoms with Gasteiger partial charge in [0.25, 0.3) is 0 Å². The molecule has 0 spiro atoms. The van der Waals surface area contributed by atoms with E-state index in [0.717, 1.165) is 0 Å². The van der Waals surface area contributed by atoms with E-state index < -0.39 is 6.10 Å². The first kappa shape index (κ1) is 9.74. The van der Waals surface area contributed by atoms with Crippen molar-refractivity contribution in [3.05, 3.63) is 35.9 Å². The van der Waals surface area contributed by atoms with E-state index in [4.69, 9.17) is 5.11 Å². The van der Waals surface area contributed by atoms with Gasteiger partial charge in [-0.05, 0) is 18.4 Å². The van der Waals surface area contributed by atoms with Crippen molar-refractivity contribution in [2.45, 2.75) is 13.0 Å². The van der Waals surface area contributed by atoms with Crippen LogP contribution in [0, 0.1) is 0 Å². The highest BCUT2D eigenvalue weighted by atomic mass is 16.3. The van der Waals surface area contributed by atoms with E-state index in [-0.39, 0.29) is 12.4 Å². The Morgan fingerprint density at radius 1 is 1.46 bits per heavy atom. The van der Waals surface area contributed by atoms with Crippen LogP contribution in [-0.4, -0.2) is 23.7 Å². The fraction of sp³-hybridized carbons (Fsp3) is 0.300. The first-order chi connectivity index (χ1) is 6.20. The first-order valence-electron chi connectivity index (χ1n) is 4.15. The summed E-state index contributed by atoms with van der Waals surface area (Å²) in [5.74, 6) is -0.276. The number of hydrogen-bond acceptors (Lipinski definition) is 3. The van der Waals surface area contributed by atoms with Gasteiger partial charge in [0.2, 0.25) is 0 Å². The van der Waals surface area contributed by atoms with Crippen LogP contribution in [0.5, 0.6) is 0 Å². The zero-order chi connectivity index (χ0) is 9.68. The van der Waals surface area contributed by atoms with Crippen LogP contribution in [0.4, 0.5) is 0 Å². The van der Waals surface area contributed by atoms with Crippen LogP contribution in [0.25, 0.3) is 0 Å². The van der Waals surface area contributed by atoms with Crippen LogP contribution in [-0.2, 0) is 0 Å². The third-order valence-corrected chi connectivity index (χ3v) is 1.52. The molecule has 0 saturated carbocycles. The minimum absolute atomic E-state index is 0.160. The van der Waals surface area contributed by atoms with Gasteiger partial charge < -0.3 is 10.2 Å². The lowest BCUT2D eigenvalue weighted by Gasteiger charge is -2.11. The second-order valence-corrected chi connectivity index (χ2v) is 2.86. The van der Waals surface area contributed by atoms with Crippen LogP contribution in [0.1, 0.15) is 12.5 Å². The molecule has 1 aromatic carbocycles. The lowest BCUT2D eigenvalue weighted by Crippen LogP contribution is -2.21. The van der Waals surface area contributed by atoms with Gasteiger partial charge in [-0.3, -0.25) is 4.99 Å². The molecule has 0 heterocycles. The summed E-state index contributed by atoms with van der Waals surface area (Å²) >= 11 is 0. The van der Waals surface area contributed by atoms with E-state index in [1.807, 2.05) is 6.07 Å². The van der Waals surface area contributed by atoms with Crippen molar-refractivity contribution in [1.82, 2.24) is 0 Å². The lowest BCUT2D eigenvalue weighted by molar-refractivity contribution is -0.213. The Hall–Kier alpha value is -1.35. The second kappa shape index (κ2) is 4.62. The van der Waals surface area contributed by atoms with E-state index in [1.54, 1.807) is 31.2 Å². The molecule has 70 valence electrons. The van der Waals surface area contributed by atoms with Gasteiger partial charge in [-0.1, -0.05) is 30.3 Å². The van der Waals surface area contributed by atoms with Crippen LogP contribution < -0.4 is 5.11 Å². The molecule has 0 aliphatic carbocycles. The number of aliphatic hydroxyl groups excluding tert-OH is 1. The van der Waals surface area contributed by atoms with Crippen LogP contribution in [0.2, 0.25) is 0 Å². The third kappa shape index (κ3) is 3.25. The fourth-order valence-corrected chi connectivity index (χ4v) is 0.887. The van der Waals surface area contributed by atoms with Gasteiger partial charge in [-0.2, -0.15) is 0 Å². The molecule has 0 fully saturated rings. The molecule has 0 radical (unpaired) electrons. The van der Waals surface area contributed by atoms with Gasteiger partial charge in [0, 0.05) is 0 Å². The molecule has 0 amide bonds. The fourth-order valence-electron chi connectivity index (χ4n) is 0.887. The van der Waals surface area contributed by atoms with Crippen LogP contribution in [0.3, 0.4) is 0 Å². The van der Waals surface area contributed by atoms with Crippen LogP contribution in [0.15, 0.2) is 35.3 Å². The Morgan fingerprint density at radius 2 is 2.08 bits per heavy atom. The Balaban J connectivity index is 2.68. The summed E-state index contributed by atoms with van der Waals surface area (Å²) in [4.78, 5) is 3.70. The molecule has 1 N–H and O–H groups in total. The Labute approximate surface area is 77.4 Å². The quantitative estimate of drug-likeness (QED) is 0.530. The molecule has 1 atom stereocenters. The molecule has 1 rings (SSSR count). The van der Waals surface area contributed by atoms with Crippen molar-refractivity contribution >= 4 is 5.90 Å². The minimum Gasteiger partial charge on any atom is -0.858 e. The molecule has 0 saturated heterocycles. The second-order valence-electron chi connectivity index (χ2n) is 2.86. The van der Waals surface area contributed by atoms with Crippen molar-refractivity contribution < 1.29 is 10.2 Å². The maximum Gasteiger partial charge on any atom is 0.0706 e. The molecule has 0 aliphatic rings. The lowest BCUT2D eigenvalue weighted by atomic mass is 10.2. The predicted molar refractivity (Wildman–Crippen MR) is 49.5 cm³/mol. The molecule has 0 aliphatic heterocycles. The molecule has 13 heavy (non-hydrogen) atoms. The standard InChI is InChI=1S/C10H13NO2/c1-8(12)7-11-10(13)9-5-3-2-4-6-9/h2-6,8,12H,7H2,1H3,(H,11,13)/p-1. The summed E-state index contributed by atoms with van der Waals surface area (Å²) < 4.78 is 0. The van der Waals surface area contributed by atoms with Gasteiger partial charge in [-0.25, -0.2) is 0 Å². The van der Waals surface area contributed by atoms with Gasteiger partial charge in [0.15, 0.2) is 0 Å². The predicted octanol–water partition coefficient (Wildman–Crippen LogP) is 0.174. The van der Waals surface area contributed by atoms with Gasteiger partial charge in [-0.15, -0.1) is 0 Å². The topological polar surface area (TPSA) is 55.7 Å². The SMILES string of the molecule is CC(O)CN=C([O-])c1ccccc1. The van der Waals surface area contributed by atoms with Gasteiger partial charge in [0.05, 0.1) is 12.6 Å². The summed E-state index contributed by atoms with van der Waals surface area (Å²) in [5, 5.41) is 20.2. The number of aliphatic hydroxyl groups is 1. The largest absolute Gasteiger partial charge is 0.858 e. The highest BCUT2D eigenvalue weighted by Crippen LogP contribution is 1.97. The van der Waals surface area contributed by atoms with Crippen molar-refractivity contribution in [3.63, 3.8) is 0 Å². The number of benzene rings is 1. The number of nitrogens with zero attached hydrogens (tertiary/aromatic N) is 1. The summed E-state index contributed by atoms with van der Waals surface area (Å²) in [6.07, 6.45) is -0.562. The van der Waals surface area contributed by atoms with E-state index >= 15 is 0 Å². The molecular weight excluding hydrogens is 166 g/mol. The van der Waals surface area contributed by atoms with Crippen molar-refractivity contribution in [1.29, 1.82) is 0 Å². The maximum atomic E-state index is 11.3. The molecule has 0 bridgehead atoms. The maximum absolute atomic E-state index is 11.3. The van der Waals surface area contributed by atoms with Crippen molar-refractivity contribution in [2.75, 3.05) is 6.54 Å². The Bertz CT molecular complexity index is 280. The highest BCUT2D eigenvalue weighted by Gasteiger charge is 1.92. The average molecular weight is 178 g/mol. The van der Waals surface area contributed by atoms with Gasteiger partial charge >= 0.3 is 0 Å². The Morgan fingerprint density at radius 3 is 2.62 bits per heavy atom. The number of aliphatic imine (C=N–C) groups is 1. The third-order valence-electron chi connectivity index (χ3n) is 1.52. The highest BCUT2D eigenvalue weighted by molar-refractivity contribution is 5.90. The van der Waals surface area contributed by atoms with E-state index in [9.17, 15) is 5.11 Å². The molecular formula is C10H12NO2-. The molecule has 3 nitrogen and oxygen atoms in total. The van der Waals surface area contributed by atoms with Crippen molar-refractivity contribution in [2.24, 2.45) is 4.99 Å². The van der Waals surface area contributed by atoms with E-state index in [0.29, 0.717) is 5.56 Å². The molecule has 0 aromatic heterocycles. The molecule has 3 heteroatoms. The minimum atomic E-state index is -0.562. The molecule has 1 aromatic rings. The van der Waals surface area contributed by atoms with E-state index in [2.05, 4.69) is 4.99 Å². The number of hydrogen-bond donors (Lipinski definition) is 1. The smallest absolute Gasteiger partial charge is 0.0706 e. The normalized spacial score (nSPS) is 14.2. The Kier molecular flexibility index (Phi) is 3.46. The summed E-state index contributed by atoms with van der Waals surface area (Å²) in [6, 6.07) is 8.81. The van der Waals surface area contributed by atoms with Crippen molar-refractivity contribution in [3.8, 4) is 0 Å². The average Bonchev–Trinajstić information content (AvgIpc) is 2.15. The zero-order valence-electron chi connectivity index (χ0n) is 7.47.